The normalized spacial score (nSPS) is 10.8. The number of thiophene rings is 1. The van der Waals surface area contributed by atoms with E-state index in [1.165, 1.54) is 5.56 Å². The van der Waals surface area contributed by atoms with E-state index in [0.717, 1.165) is 30.2 Å². The van der Waals surface area contributed by atoms with Crippen molar-refractivity contribution in [1.82, 2.24) is 5.32 Å². The van der Waals surface area contributed by atoms with Crippen LogP contribution < -0.4 is 5.32 Å². The van der Waals surface area contributed by atoms with Crippen molar-refractivity contribution in [1.29, 1.82) is 0 Å². The molecule has 1 N–H and O–H groups in total. The first-order chi connectivity index (χ1) is 9.25. The van der Waals surface area contributed by atoms with Crippen LogP contribution in [0.15, 0.2) is 39.9 Å². The minimum atomic E-state index is 0.611. The highest BCUT2D eigenvalue weighted by molar-refractivity contribution is 7.99. The van der Waals surface area contributed by atoms with Gasteiger partial charge in [0.25, 0.3) is 0 Å². The van der Waals surface area contributed by atoms with Gasteiger partial charge in [-0.25, -0.2) is 0 Å². The molecule has 0 aliphatic heterocycles. The predicted octanol–water partition coefficient (Wildman–Crippen LogP) is 4.98. The maximum absolute atomic E-state index is 5.97. The molecule has 0 saturated carbocycles. The average molecular weight is 332 g/mol. The number of thioether (sulfide) groups is 1. The first-order valence-electron chi connectivity index (χ1n) is 6.05. The van der Waals surface area contributed by atoms with E-state index < -0.39 is 0 Å². The fraction of sp³-hybridized carbons (Fsp3) is 0.286. The topological polar surface area (TPSA) is 12.0 Å². The SMILES string of the molecule is Clc1ccc(SCCNCCc2ccsc2)cc1Cl. The molecule has 0 saturated heterocycles. The smallest absolute Gasteiger partial charge is 0.0603 e. The number of halogens is 2. The first-order valence-corrected chi connectivity index (χ1v) is 8.74. The molecule has 0 bridgehead atoms. The van der Waals surface area contributed by atoms with Gasteiger partial charge < -0.3 is 5.32 Å². The third-order valence-electron chi connectivity index (χ3n) is 2.61. The highest BCUT2D eigenvalue weighted by Gasteiger charge is 2.00. The van der Waals surface area contributed by atoms with E-state index in [1.54, 1.807) is 23.1 Å². The van der Waals surface area contributed by atoms with Gasteiger partial charge >= 0.3 is 0 Å². The summed E-state index contributed by atoms with van der Waals surface area (Å²) >= 11 is 15.4. The molecule has 0 fully saturated rings. The zero-order chi connectivity index (χ0) is 13.5. The second kappa shape index (κ2) is 8.18. The number of hydrogen-bond donors (Lipinski definition) is 1. The Balaban J connectivity index is 1.60. The lowest BCUT2D eigenvalue weighted by atomic mass is 10.2. The Morgan fingerprint density at radius 3 is 2.74 bits per heavy atom. The highest BCUT2D eigenvalue weighted by Crippen LogP contribution is 2.27. The summed E-state index contributed by atoms with van der Waals surface area (Å²) in [6, 6.07) is 7.94. The minimum Gasteiger partial charge on any atom is -0.316 e. The Morgan fingerprint density at radius 2 is 2.00 bits per heavy atom. The summed E-state index contributed by atoms with van der Waals surface area (Å²) in [4.78, 5) is 1.16. The molecule has 0 radical (unpaired) electrons. The molecule has 0 aliphatic rings. The van der Waals surface area contributed by atoms with Crippen LogP contribution in [0.1, 0.15) is 5.56 Å². The summed E-state index contributed by atoms with van der Waals surface area (Å²) < 4.78 is 0. The fourth-order valence-corrected chi connectivity index (χ4v) is 3.51. The van der Waals surface area contributed by atoms with Crippen molar-refractivity contribution in [2.24, 2.45) is 0 Å². The first kappa shape index (κ1) is 15.2. The van der Waals surface area contributed by atoms with Gasteiger partial charge in [0.05, 0.1) is 10.0 Å². The van der Waals surface area contributed by atoms with E-state index in [9.17, 15) is 0 Å². The molecule has 2 aromatic rings. The third-order valence-corrected chi connectivity index (χ3v) is 5.08. The standard InChI is InChI=1S/C14H15Cl2NS2/c15-13-2-1-12(9-14(13)16)19-8-6-17-5-3-11-4-7-18-10-11/h1-2,4,7,9-10,17H,3,5-6,8H2. The van der Waals surface area contributed by atoms with Gasteiger partial charge in [-0.15, -0.1) is 11.8 Å². The van der Waals surface area contributed by atoms with Crippen LogP contribution >= 0.6 is 46.3 Å². The van der Waals surface area contributed by atoms with Crippen LogP contribution in [0.4, 0.5) is 0 Å². The molecule has 0 amide bonds. The molecule has 0 aliphatic carbocycles. The van der Waals surface area contributed by atoms with Crippen LogP contribution in [0.2, 0.25) is 10.0 Å². The largest absolute Gasteiger partial charge is 0.316 e. The molecule has 1 aromatic heterocycles. The number of hydrogen-bond acceptors (Lipinski definition) is 3. The van der Waals surface area contributed by atoms with Gasteiger partial charge in [-0.05, 0) is 53.6 Å². The van der Waals surface area contributed by atoms with Gasteiger partial charge in [0, 0.05) is 17.2 Å². The van der Waals surface area contributed by atoms with Crippen molar-refractivity contribution >= 4 is 46.3 Å². The quantitative estimate of drug-likeness (QED) is 0.567. The molecule has 5 heteroatoms. The van der Waals surface area contributed by atoms with Gasteiger partial charge in [0.2, 0.25) is 0 Å². The zero-order valence-corrected chi connectivity index (χ0v) is 13.5. The number of rotatable bonds is 7. The Bertz CT molecular complexity index is 500. The van der Waals surface area contributed by atoms with Crippen molar-refractivity contribution in [2.75, 3.05) is 18.8 Å². The number of nitrogens with one attached hydrogen (secondary N) is 1. The van der Waals surface area contributed by atoms with Gasteiger partial charge in [0.1, 0.15) is 0 Å². The monoisotopic (exact) mass is 331 g/mol. The van der Waals surface area contributed by atoms with Gasteiger partial charge in [0.15, 0.2) is 0 Å². The lowest BCUT2D eigenvalue weighted by molar-refractivity contribution is 0.722. The van der Waals surface area contributed by atoms with Crippen LogP contribution in [-0.2, 0) is 6.42 Å². The van der Waals surface area contributed by atoms with Gasteiger partial charge in [-0.3, -0.25) is 0 Å². The molecule has 102 valence electrons. The van der Waals surface area contributed by atoms with E-state index in [0.29, 0.717) is 10.0 Å². The van der Waals surface area contributed by atoms with Crippen LogP contribution in [-0.4, -0.2) is 18.8 Å². The molecule has 2 rings (SSSR count). The van der Waals surface area contributed by atoms with Crippen LogP contribution in [0.3, 0.4) is 0 Å². The van der Waals surface area contributed by atoms with Crippen molar-refractivity contribution in [3.8, 4) is 0 Å². The Kier molecular flexibility index (Phi) is 6.54. The summed E-state index contributed by atoms with van der Waals surface area (Å²) in [5, 5.41) is 9.00. The zero-order valence-electron chi connectivity index (χ0n) is 10.4. The van der Waals surface area contributed by atoms with E-state index >= 15 is 0 Å². The molecule has 1 heterocycles. The average Bonchev–Trinajstić information content (AvgIpc) is 2.91. The maximum atomic E-state index is 5.97. The van der Waals surface area contributed by atoms with E-state index in [4.69, 9.17) is 23.2 Å². The van der Waals surface area contributed by atoms with Crippen LogP contribution in [0, 0.1) is 0 Å². The Morgan fingerprint density at radius 1 is 1.11 bits per heavy atom. The summed E-state index contributed by atoms with van der Waals surface area (Å²) in [5.41, 5.74) is 1.41. The van der Waals surface area contributed by atoms with E-state index in [2.05, 4.69) is 22.1 Å². The molecular formula is C14H15Cl2NS2. The highest BCUT2D eigenvalue weighted by atomic mass is 35.5. The third kappa shape index (κ3) is 5.36. The van der Waals surface area contributed by atoms with Crippen molar-refractivity contribution < 1.29 is 0 Å². The predicted molar refractivity (Wildman–Crippen MR) is 88.1 cm³/mol. The summed E-state index contributed by atoms with van der Waals surface area (Å²) in [6.07, 6.45) is 1.10. The molecule has 0 atom stereocenters. The van der Waals surface area contributed by atoms with Crippen molar-refractivity contribution in [3.05, 3.63) is 50.6 Å². The summed E-state index contributed by atoms with van der Waals surface area (Å²) in [5.74, 6) is 1.03. The van der Waals surface area contributed by atoms with E-state index in [1.807, 2.05) is 18.2 Å². The molecule has 1 nitrogen and oxygen atoms in total. The molecule has 19 heavy (non-hydrogen) atoms. The molecule has 0 spiro atoms. The van der Waals surface area contributed by atoms with E-state index in [-0.39, 0.29) is 0 Å². The molecular weight excluding hydrogens is 317 g/mol. The lowest BCUT2D eigenvalue weighted by Crippen LogP contribution is -2.19. The van der Waals surface area contributed by atoms with Gasteiger partial charge in [-0.2, -0.15) is 11.3 Å². The molecule has 1 aromatic carbocycles. The van der Waals surface area contributed by atoms with Gasteiger partial charge in [-0.1, -0.05) is 23.2 Å². The molecule has 0 unspecified atom stereocenters. The number of benzene rings is 1. The summed E-state index contributed by atoms with van der Waals surface area (Å²) in [6.45, 7) is 2.02. The fourth-order valence-electron chi connectivity index (χ4n) is 1.60. The Labute approximate surface area is 132 Å². The Hall–Kier alpha value is -0.190. The summed E-state index contributed by atoms with van der Waals surface area (Å²) in [7, 11) is 0. The van der Waals surface area contributed by atoms with Crippen molar-refractivity contribution in [2.45, 2.75) is 11.3 Å². The lowest BCUT2D eigenvalue weighted by Gasteiger charge is -2.05. The minimum absolute atomic E-state index is 0.611. The van der Waals surface area contributed by atoms with Crippen molar-refractivity contribution in [3.63, 3.8) is 0 Å². The van der Waals surface area contributed by atoms with Crippen LogP contribution in [0.5, 0.6) is 0 Å². The van der Waals surface area contributed by atoms with Crippen LogP contribution in [0.25, 0.3) is 0 Å². The maximum Gasteiger partial charge on any atom is 0.0603 e. The second-order valence-corrected chi connectivity index (χ2v) is 6.82. The second-order valence-electron chi connectivity index (χ2n) is 4.06.